The lowest BCUT2D eigenvalue weighted by atomic mass is 10.1. The van der Waals surface area contributed by atoms with Crippen LogP contribution in [0.5, 0.6) is 5.75 Å². The molecule has 2 N–H and O–H groups in total. The van der Waals surface area contributed by atoms with E-state index in [0.717, 1.165) is 41.8 Å². The van der Waals surface area contributed by atoms with Crippen LogP contribution in [0.15, 0.2) is 41.4 Å². The number of anilines is 1. The highest BCUT2D eigenvalue weighted by Crippen LogP contribution is 2.25. The van der Waals surface area contributed by atoms with Crippen LogP contribution in [0, 0.1) is 20.8 Å². The molecule has 2 aromatic carbocycles. The minimum absolute atomic E-state index is 0.0877. The second-order valence-electron chi connectivity index (χ2n) is 7.41. The SMILES string of the molecule is COc1ccc(C)cc1NC(=NCC1CCCO1)NC(=O)c1ccc(C)c(C)c1. The zero-order valence-corrected chi connectivity index (χ0v) is 17.5. The first-order chi connectivity index (χ1) is 14.0. The summed E-state index contributed by atoms with van der Waals surface area (Å²) < 4.78 is 11.1. The van der Waals surface area contributed by atoms with Crippen LogP contribution in [0.25, 0.3) is 0 Å². The van der Waals surface area contributed by atoms with Gasteiger partial charge in [-0.05, 0) is 74.6 Å². The lowest BCUT2D eigenvalue weighted by Gasteiger charge is -2.16. The van der Waals surface area contributed by atoms with Crippen LogP contribution in [-0.2, 0) is 4.74 Å². The fraction of sp³-hybridized carbons (Fsp3) is 0.391. The number of ether oxygens (including phenoxy) is 2. The number of hydrogen-bond donors (Lipinski definition) is 2. The molecule has 1 saturated heterocycles. The lowest BCUT2D eigenvalue weighted by molar-refractivity contribution is 0.0975. The van der Waals surface area contributed by atoms with E-state index in [1.807, 2.05) is 57.2 Å². The molecule has 6 nitrogen and oxygen atoms in total. The van der Waals surface area contributed by atoms with Crippen molar-refractivity contribution in [1.82, 2.24) is 5.32 Å². The molecule has 1 fully saturated rings. The zero-order valence-electron chi connectivity index (χ0n) is 17.5. The van der Waals surface area contributed by atoms with Crippen molar-refractivity contribution < 1.29 is 14.3 Å². The van der Waals surface area contributed by atoms with Crippen LogP contribution in [0.4, 0.5) is 5.69 Å². The van der Waals surface area contributed by atoms with E-state index in [9.17, 15) is 4.79 Å². The van der Waals surface area contributed by atoms with Gasteiger partial charge in [0.1, 0.15) is 5.75 Å². The van der Waals surface area contributed by atoms with E-state index < -0.39 is 0 Å². The molecule has 154 valence electrons. The molecule has 0 saturated carbocycles. The van der Waals surface area contributed by atoms with E-state index in [4.69, 9.17) is 9.47 Å². The van der Waals surface area contributed by atoms with E-state index in [0.29, 0.717) is 23.8 Å². The Kier molecular flexibility index (Phi) is 6.88. The van der Waals surface area contributed by atoms with E-state index >= 15 is 0 Å². The predicted molar refractivity (Wildman–Crippen MR) is 116 cm³/mol. The van der Waals surface area contributed by atoms with Crippen molar-refractivity contribution in [3.63, 3.8) is 0 Å². The van der Waals surface area contributed by atoms with E-state index in [2.05, 4.69) is 15.6 Å². The Morgan fingerprint density at radius 2 is 2.00 bits per heavy atom. The van der Waals surface area contributed by atoms with Crippen LogP contribution in [0.2, 0.25) is 0 Å². The number of amides is 1. The number of nitrogens with zero attached hydrogens (tertiary/aromatic N) is 1. The van der Waals surface area contributed by atoms with Crippen molar-refractivity contribution in [2.24, 2.45) is 4.99 Å². The zero-order chi connectivity index (χ0) is 20.8. The van der Waals surface area contributed by atoms with Crippen molar-refractivity contribution >= 4 is 17.6 Å². The maximum absolute atomic E-state index is 12.8. The first kappa shape index (κ1) is 20.9. The molecule has 0 aromatic heterocycles. The maximum atomic E-state index is 12.8. The van der Waals surface area contributed by atoms with Crippen LogP contribution in [0.3, 0.4) is 0 Å². The second-order valence-corrected chi connectivity index (χ2v) is 7.41. The van der Waals surface area contributed by atoms with Gasteiger partial charge in [0.2, 0.25) is 5.96 Å². The van der Waals surface area contributed by atoms with Crippen molar-refractivity contribution in [1.29, 1.82) is 0 Å². The molecule has 6 heteroatoms. The minimum Gasteiger partial charge on any atom is -0.495 e. The van der Waals surface area contributed by atoms with Gasteiger partial charge in [0.25, 0.3) is 5.91 Å². The normalized spacial score (nSPS) is 16.6. The Bertz CT molecular complexity index is 902. The molecule has 1 amide bonds. The van der Waals surface area contributed by atoms with Crippen LogP contribution in [0.1, 0.15) is 39.9 Å². The van der Waals surface area contributed by atoms with Crippen LogP contribution in [-0.4, -0.2) is 38.2 Å². The third-order valence-corrected chi connectivity index (χ3v) is 5.09. The quantitative estimate of drug-likeness (QED) is 0.593. The van der Waals surface area contributed by atoms with E-state index in [1.165, 1.54) is 0 Å². The fourth-order valence-corrected chi connectivity index (χ4v) is 3.20. The summed E-state index contributed by atoms with van der Waals surface area (Å²) in [5.74, 6) is 0.854. The topological polar surface area (TPSA) is 71.9 Å². The average molecular weight is 396 g/mol. The van der Waals surface area contributed by atoms with E-state index in [1.54, 1.807) is 7.11 Å². The smallest absolute Gasteiger partial charge is 0.257 e. The number of hydrogen-bond acceptors (Lipinski definition) is 4. The first-order valence-corrected chi connectivity index (χ1v) is 9.92. The van der Waals surface area contributed by atoms with Crippen molar-refractivity contribution in [2.75, 3.05) is 25.6 Å². The van der Waals surface area contributed by atoms with Gasteiger partial charge in [-0.25, -0.2) is 4.99 Å². The number of nitrogens with one attached hydrogen (secondary N) is 2. The summed E-state index contributed by atoms with van der Waals surface area (Å²) in [5.41, 5.74) is 4.64. The van der Waals surface area contributed by atoms with Gasteiger partial charge in [-0.2, -0.15) is 0 Å². The van der Waals surface area contributed by atoms with Gasteiger partial charge in [0.05, 0.1) is 25.4 Å². The van der Waals surface area contributed by atoms with E-state index in [-0.39, 0.29) is 12.0 Å². The van der Waals surface area contributed by atoms with Gasteiger partial charge in [-0.1, -0.05) is 12.1 Å². The fourth-order valence-electron chi connectivity index (χ4n) is 3.20. The van der Waals surface area contributed by atoms with Crippen molar-refractivity contribution in [3.05, 3.63) is 58.7 Å². The number of aryl methyl sites for hydroxylation is 3. The molecule has 1 aliphatic heterocycles. The molecule has 1 unspecified atom stereocenters. The summed E-state index contributed by atoms with van der Waals surface area (Å²) in [4.78, 5) is 17.4. The first-order valence-electron chi connectivity index (χ1n) is 9.92. The van der Waals surface area contributed by atoms with Gasteiger partial charge in [0, 0.05) is 12.2 Å². The number of methoxy groups -OCH3 is 1. The maximum Gasteiger partial charge on any atom is 0.257 e. The van der Waals surface area contributed by atoms with Gasteiger partial charge in [-0.3, -0.25) is 10.1 Å². The number of carbonyl (C=O) groups excluding carboxylic acids is 1. The third kappa shape index (κ3) is 5.57. The average Bonchev–Trinajstić information content (AvgIpc) is 3.22. The molecule has 0 aliphatic carbocycles. The van der Waals surface area contributed by atoms with Gasteiger partial charge in [-0.15, -0.1) is 0 Å². The number of aliphatic imine (C=N–C) groups is 1. The minimum atomic E-state index is -0.210. The highest BCUT2D eigenvalue weighted by molar-refractivity contribution is 6.10. The van der Waals surface area contributed by atoms with Crippen LogP contribution < -0.4 is 15.4 Å². The van der Waals surface area contributed by atoms with Crippen molar-refractivity contribution in [2.45, 2.75) is 39.7 Å². The Morgan fingerprint density at radius 3 is 2.69 bits per heavy atom. The van der Waals surface area contributed by atoms with Gasteiger partial charge in [0.15, 0.2) is 0 Å². The highest BCUT2D eigenvalue weighted by atomic mass is 16.5. The summed E-state index contributed by atoms with van der Waals surface area (Å²) in [7, 11) is 1.62. The predicted octanol–water partition coefficient (Wildman–Crippen LogP) is 4.00. The Morgan fingerprint density at radius 1 is 1.17 bits per heavy atom. The summed E-state index contributed by atoms with van der Waals surface area (Å²) in [5, 5.41) is 6.14. The van der Waals surface area contributed by atoms with Crippen molar-refractivity contribution in [3.8, 4) is 5.75 Å². The molecule has 0 spiro atoms. The monoisotopic (exact) mass is 395 g/mol. The standard InChI is InChI=1S/C23H29N3O3/c1-15-7-10-21(28-4)20(12-15)25-23(24-14-19-6-5-11-29-19)26-22(27)18-9-8-16(2)17(3)13-18/h7-10,12-13,19H,5-6,11,14H2,1-4H3,(H2,24,25,26,27). The molecule has 3 rings (SSSR count). The molecule has 1 atom stereocenters. The Hall–Kier alpha value is -2.86. The Balaban J connectivity index is 1.82. The summed E-state index contributed by atoms with van der Waals surface area (Å²) in [6.45, 7) is 7.28. The molecule has 1 aliphatic rings. The molecule has 29 heavy (non-hydrogen) atoms. The summed E-state index contributed by atoms with van der Waals surface area (Å²) in [6, 6.07) is 11.5. The molecule has 0 radical (unpaired) electrons. The molecular formula is C23H29N3O3. The molecular weight excluding hydrogens is 366 g/mol. The molecule has 2 aromatic rings. The number of rotatable bonds is 5. The summed E-state index contributed by atoms with van der Waals surface area (Å²) in [6.07, 6.45) is 2.11. The van der Waals surface area contributed by atoms with Gasteiger partial charge < -0.3 is 14.8 Å². The molecule has 0 bridgehead atoms. The third-order valence-electron chi connectivity index (χ3n) is 5.09. The van der Waals surface area contributed by atoms with Gasteiger partial charge >= 0.3 is 0 Å². The number of guanidine groups is 1. The summed E-state index contributed by atoms with van der Waals surface area (Å²) >= 11 is 0. The Labute approximate surface area is 172 Å². The molecule has 1 heterocycles. The number of benzene rings is 2. The second kappa shape index (κ2) is 9.56. The lowest BCUT2D eigenvalue weighted by Crippen LogP contribution is -2.37. The largest absolute Gasteiger partial charge is 0.495 e. The number of carbonyl (C=O) groups is 1. The highest BCUT2D eigenvalue weighted by Gasteiger charge is 2.17. The van der Waals surface area contributed by atoms with Crippen LogP contribution >= 0.6 is 0 Å².